The number of methoxy groups -OCH3 is 1. The smallest absolute Gasteiger partial charge is 0.123 e. The van der Waals surface area contributed by atoms with E-state index in [1.807, 2.05) is 7.05 Å². The van der Waals surface area contributed by atoms with Crippen LogP contribution in [0.1, 0.15) is 18.1 Å². The van der Waals surface area contributed by atoms with Gasteiger partial charge in [-0.2, -0.15) is 0 Å². The minimum atomic E-state index is 0.464. The van der Waals surface area contributed by atoms with Gasteiger partial charge in [0, 0.05) is 31.2 Å². The van der Waals surface area contributed by atoms with Gasteiger partial charge in [-0.3, -0.25) is 4.90 Å². The van der Waals surface area contributed by atoms with Gasteiger partial charge < -0.3 is 14.8 Å². The third kappa shape index (κ3) is 3.69. The van der Waals surface area contributed by atoms with Crippen LogP contribution in [0.25, 0.3) is 0 Å². The second kappa shape index (κ2) is 6.89. The second-order valence-electron chi connectivity index (χ2n) is 5.07. The summed E-state index contributed by atoms with van der Waals surface area (Å²) in [5.74, 6) is 0.971. The molecule has 2 rings (SSSR count). The van der Waals surface area contributed by atoms with Gasteiger partial charge in [0.25, 0.3) is 0 Å². The number of hydrogen-bond donors (Lipinski definition) is 1. The van der Waals surface area contributed by atoms with E-state index in [2.05, 4.69) is 35.3 Å². The Bertz CT molecular complexity index is 409. The number of morpholine rings is 1. The van der Waals surface area contributed by atoms with Crippen LogP contribution in [0, 0.1) is 0 Å². The van der Waals surface area contributed by atoms with Crippen LogP contribution in [0.4, 0.5) is 0 Å². The summed E-state index contributed by atoms with van der Waals surface area (Å²) >= 11 is 0. The molecule has 1 atom stereocenters. The molecule has 1 N–H and O–H groups in total. The second-order valence-corrected chi connectivity index (χ2v) is 5.07. The van der Waals surface area contributed by atoms with Crippen molar-refractivity contribution >= 4 is 0 Å². The molecule has 4 heteroatoms. The summed E-state index contributed by atoms with van der Waals surface area (Å²) in [7, 11) is 3.70. The minimum Gasteiger partial charge on any atom is -0.496 e. The highest BCUT2D eigenvalue weighted by atomic mass is 16.5. The van der Waals surface area contributed by atoms with Crippen molar-refractivity contribution in [3.8, 4) is 5.75 Å². The number of benzene rings is 1. The highest BCUT2D eigenvalue weighted by Crippen LogP contribution is 2.23. The zero-order chi connectivity index (χ0) is 13.7. The summed E-state index contributed by atoms with van der Waals surface area (Å²) in [6.07, 6.45) is 0. The SMILES string of the molecule is CNCc1ccc(OC)c(CN2CCOCC2C)c1. The van der Waals surface area contributed by atoms with Crippen molar-refractivity contribution in [1.29, 1.82) is 0 Å². The van der Waals surface area contributed by atoms with Crippen LogP contribution >= 0.6 is 0 Å². The molecule has 0 saturated carbocycles. The molecule has 19 heavy (non-hydrogen) atoms. The molecule has 0 aromatic heterocycles. The fourth-order valence-corrected chi connectivity index (χ4v) is 2.48. The molecule has 1 aliphatic rings. The van der Waals surface area contributed by atoms with Crippen molar-refractivity contribution in [2.45, 2.75) is 26.1 Å². The van der Waals surface area contributed by atoms with E-state index in [0.29, 0.717) is 6.04 Å². The summed E-state index contributed by atoms with van der Waals surface area (Å²) in [5, 5.41) is 3.19. The Morgan fingerprint density at radius 3 is 3.00 bits per heavy atom. The van der Waals surface area contributed by atoms with Crippen LogP contribution in [0.5, 0.6) is 5.75 Å². The van der Waals surface area contributed by atoms with E-state index in [9.17, 15) is 0 Å². The molecule has 0 radical (unpaired) electrons. The molecule has 1 unspecified atom stereocenters. The topological polar surface area (TPSA) is 33.7 Å². The first-order chi connectivity index (χ1) is 9.24. The van der Waals surface area contributed by atoms with Crippen LogP contribution in [-0.2, 0) is 17.8 Å². The Balaban J connectivity index is 2.14. The van der Waals surface area contributed by atoms with E-state index in [1.54, 1.807) is 7.11 Å². The van der Waals surface area contributed by atoms with Gasteiger partial charge in [-0.05, 0) is 31.7 Å². The first-order valence-electron chi connectivity index (χ1n) is 6.86. The van der Waals surface area contributed by atoms with Crippen molar-refractivity contribution in [1.82, 2.24) is 10.2 Å². The van der Waals surface area contributed by atoms with Gasteiger partial charge in [-0.1, -0.05) is 6.07 Å². The van der Waals surface area contributed by atoms with Gasteiger partial charge in [0.2, 0.25) is 0 Å². The molecule has 0 amide bonds. The van der Waals surface area contributed by atoms with Gasteiger partial charge in [0.05, 0.1) is 20.3 Å². The molecule has 1 aromatic rings. The Kier molecular flexibility index (Phi) is 5.19. The highest BCUT2D eigenvalue weighted by Gasteiger charge is 2.20. The molecule has 1 fully saturated rings. The maximum atomic E-state index is 5.49. The molecule has 4 nitrogen and oxygen atoms in total. The first-order valence-corrected chi connectivity index (χ1v) is 6.86. The molecule has 1 heterocycles. The zero-order valence-electron chi connectivity index (χ0n) is 12.1. The maximum Gasteiger partial charge on any atom is 0.123 e. The van der Waals surface area contributed by atoms with Gasteiger partial charge in [-0.25, -0.2) is 0 Å². The van der Waals surface area contributed by atoms with E-state index in [0.717, 1.165) is 38.6 Å². The molecule has 0 spiro atoms. The van der Waals surface area contributed by atoms with Gasteiger partial charge >= 0.3 is 0 Å². The van der Waals surface area contributed by atoms with Crippen molar-refractivity contribution < 1.29 is 9.47 Å². The fourth-order valence-electron chi connectivity index (χ4n) is 2.48. The lowest BCUT2D eigenvalue weighted by Crippen LogP contribution is -2.43. The Morgan fingerprint density at radius 1 is 1.47 bits per heavy atom. The number of ether oxygens (including phenoxy) is 2. The third-order valence-electron chi connectivity index (χ3n) is 3.60. The van der Waals surface area contributed by atoms with Crippen LogP contribution in [-0.4, -0.2) is 44.9 Å². The van der Waals surface area contributed by atoms with Gasteiger partial charge in [-0.15, -0.1) is 0 Å². The standard InChI is InChI=1S/C15H24N2O2/c1-12-11-19-7-6-17(12)10-14-8-13(9-16-2)4-5-15(14)18-3/h4-5,8,12,16H,6-7,9-11H2,1-3H3. The number of hydrogen-bond acceptors (Lipinski definition) is 4. The zero-order valence-corrected chi connectivity index (χ0v) is 12.1. The minimum absolute atomic E-state index is 0.464. The number of nitrogens with one attached hydrogen (secondary N) is 1. The lowest BCUT2D eigenvalue weighted by atomic mass is 10.1. The molecular formula is C15H24N2O2. The number of rotatable bonds is 5. The molecule has 1 aromatic carbocycles. The first kappa shape index (κ1) is 14.3. The molecule has 0 bridgehead atoms. The summed E-state index contributed by atoms with van der Waals surface area (Å²) in [6.45, 7) is 6.64. The van der Waals surface area contributed by atoms with Crippen molar-refractivity contribution in [2.24, 2.45) is 0 Å². The number of nitrogens with zero attached hydrogens (tertiary/aromatic N) is 1. The quantitative estimate of drug-likeness (QED) is 0.876. The average Bonchev–Trinajstić information content (AvgIpc) is 2.42. The summed E-state index contributed by atoms with van der Waals surface area (Å²) < 4.78 is 11.0. The van der Waals surface area contributed by atoms with E-state index in [1.165, 1.54) is 11.1 Å². The van der Waals surface area contributed by atoms with E-state index < -0.39 is 0 Å². The van der Waals surface area contributed by atoms with Crippen LogP contribution in [0.3, 0.4) is 0 Å². The molecule has 1 aliphatic heterocycles. The van der Waals surface area contributed by atoms with Crippen LogP contribution in [0.2, 0.25) is 0 Å². The van der Waals surface area contributed by atoms with E-state index in [4.69, 9.17) is 9.47 Å². The lowest BCUT2D eigenvalue weighted by molar-refractivity contribution is -0.00464. The predicted octanol–water partition coefficient (Wildman–Crippen LogP) is 1.64. The predicted molar refractivity (Wildman–Crippen MR) is 76.4 cm³/mol. The molecule has 0 aliphatic carbocycles. The lowest BCUT2D eigenvalue weighted by Gasteiger charge is -2.33. The fraction of sp³-hybridized carbons (Fsp3) is 0.600. The normalized spacial score (nSPS) is 20.5. The Labute approximate surface area is 115 Å². The average molecular weight is 264 g/mol. The third-order valence-corrected chi connectivity index (χ3v) is 3.60. The van der Waals surface area contributed by atoms with Crippen LogP contribution in [0.15, 0.2) is 18.2 Å². The summed E-state index contributed by atoms with van der Waals surface area (Å²) in [6, 6.07) is 6.87. The van der Waals surface area contributed by atoms with E-state index >= 15 is 0 Å². The summed E-state index contributed by atoms with van der Waals surface area (Å²) in [5.41, 5.74) is 2.54. The maximum absolute atomic E-state index is 5.49. The van der Waals surface area contributed by atoms with Crippen molar-refractivity contribution in [2.75, 3.05) is 33.9 Å². The van der Waals surface area contributed by atoms with Crippen LogP contribution < -0.4 is 10.1 Å². The molecule has 106 valence electrons. The summed E-state index contributed by atoms with van der Waals surface area (Å²) in [4.78, 5) is 2.45. The monoisotopic (exact) mass is 264 g/mol. The molecular weight excluding hydrogens is 240 g/mol. The van der Waals surface area contributed by atoms with Gasteiger partial charge in [0.1, 0.15) is 5.75 Å². The van der Waals surface area contributed by atoms with Crippen molar-refractivity contribution in [3.63, 3.8) is 0 Å². The van der Waals surface area contributed by atoms with Gasteiger partial charge in [0.15, 0.2) is 0 Å². The highest BCUT2D eigenvalue weighted by molar-refractivity contribution is 5.37. The largest absolute Gasteiger partial charge is 0.496 e. The van der Waals surface area contributed by atoms with E-state index in [-0.39, 0.29) is 0 Å². The Morgan fingerprint density at radius 2 is 2.32 bits per heavy atom. The molecule has 1 saturated heterocycles. The van der Waals surface area contributed by atoms with Crippen molar-refractivity contribution in [3.05, 3.63) is 29.3 Å². The Hall–Kier alpha value is -1.10.